The van der Waals surface area contributed by atoms with Crippen LogP contribution in [-0.2, 0) is 18.3 Å². The molecule has 1 aliphatic rings. The standard InChI is InChI=1S/C13H21N3O/c1-16-9-8-15-13(16)3-2-12(17)10-11-4-6-14-7-5-11/h8-9,11,14H,2-7,10H2,1H3. The van der Waals surface area contributed by atoms with Gasteiger partial charge in [0.05, 0.1) is 0 Å². The third-order valence-electron chi connectivity index (χ3n) is 3.52. The van der Waals surface area contributed by atoms with Gasteiger partial charge in [0.25, 0.3) is 0 Å². The number of piperidine rings is 1. The van der Waals surface area contributed by atoms with Gasteiger partial charge in [0.15, 0.2) is 0 Å². The topological polar surface area (TPSA) is 46.9 Å². The Labute approximate surface area is 102 Å². The second-order valence-corrected chi connectivity index (χ2v) is 4.89. The molecule has 0 amide bonds. The zero-order valence-corrected chi connectivity index (χ0v) is 10.5. The summed E-state index contributed by atoms with van der Waals surface area (Å²) in [5.74, 6) is 1.99. The zero-order chi connectivity index (χ0) is 12.1. The lowest BCUT2D eigenvalue weighted by Gasteiger charge is -2.21. The quantitative estimate of drug-likeness (QED) is 0.837. The van der Waals surface area contributed by atoms with E-state index in [9.17, 15) is 4.79 Å². The van der Waals surface area contributed by atoms with Crippen LogP contribution in [0.25, 0.3) is 0 Å². The van der Waals surface area contributed by atoms with Crippen molar-refractivity contribution in [1.29, 1.82) is 0 Å². The first kappa shape index (κ1) is 12.3. The SMILES string of the molecule is Cn1ccnc1CCC(=O)CC1CCNCC1. The lowest BCUT2D eigenvalue weighted by molar-refractivity contribution is -0.120. The van der Waals surface area contributed by atoms with Gasteiger partial charge in [-0.1, -0.05) is 0 Å². The highest BCUT2D eigenvalue weighted by Gasteiger charge is 2.16. The molecule has 0 aliphatic carbocycles. The van der Waals surface area contributed by atoms with E-state index >= 15 is 0 Å². The molecule has 0 unspecified atom stereocenters. The van der Waals surface area contributed by atoms with Gasteiger partial charge in [-0.3, -0.25) is 4.79 Å². The first-order valence-electron chi connectivity index (χ1n) is 6.44. The lowest BCUT2D eigenvalue weighted by Crippen LogP contribution is -2.28. The molecule has 2 heterocycles. The van der Waals surface area contributed by atoms with Crippen molar-refractivity contribution in [3.8, 4) is 0 Å². The summed E-state index contributed by atoms with van der Waals surface area (Å²) in [5.41, 5.74) is 0. The first-order valence-corrected chi connectivity index (χ1v) is 6.44. The maximum absolute atomic E-state index is 11.9. The van der Waals surface area contributed by atoms with Gasteiger partial charge in [0, 0.05) is 38.7 Å². The molecule has 0 spiro atoms. The van der Waals surface area contributed by atoms with Gasteiger partial charge in [-0.15, -0.1) is 0 Å². The molecule has 1 N–H and O–H groups in total. The van der Waals surface area contributed by atoms with E-state index in [0.29, 0.717) is 18.1 Å². The molecule has 94 valence electrons. The van der Waals surface area contributed by atoms with Crippen LogP contribution in [-0.4, -0.2) is 28.4 Å². The summed E-state index contributed by atoms with van der Waals surface area (Å²) in [6.07, 6.45) is 8.16. The second kappa shape index (κ2) is 5.96. The molecule has 2 rings (SSSR count). The Morgan fingerprint density at radius 2 is 2.29 bits per heavy atom. The number of aryl methyl sites for hydroxylation is 2. The van der Waals surface area contributed by atoms with Gasteiger partial charge < -0.3 is 9.88 Å². The van der Waals surface area contributed by atoms with Crippen LogP contribution in [0.5, 0.6) is 0 Å². The summed E-state index contributed by atoms with van der Waals surface area (Å²) in [6.45, 7) is 2.13. The third kappa shape index (κ3) is 3.66. The number of Topliss-reactive ketones (excluding diaryl/α,β-unsaturated/α-hetero) is 1. The maximum atomic E-state index is 11.9. The number of hydrogen-bond acceptors (Lipinski definition) is 3. The average molecular weight is 235 g/mol. The van der Waals surface area contributed by atoms with Gasteiger partial charge >= 0.3 is 0 Å². The number of rotatable bonds is 5. The second-order valence-electron chi connectivity index (χ2n) is 4.89. The number of nitrogens with one attached hydrogen (secondary N) is 1. The van der Waals surface area contributed by atoms with E-state index in [4.69, 9.17) is 0 Å². The van der Waals surface area contributed by atoms with Crippen molar-refractivity contribution in [2.24, 2.45) is 13.0 Å². The van der Waals surface area contributed by atoms with Gasteiger partial charge in [-0.05, 0) is 31.8 Å². The van der Waals surface area contributed by atoms with Crippen LogP contribution < -0.4 is 5.32 Å². The minimum atomic E-state index is 0.389. The maximum Gasteiger partial charge on any atom is 0.133 e. The molecule has 4 heteroatoms. The highest BCUT2D eigenvalue weighted by atomic mass is 16.1. The number of ketones is 1. The van der Waals surface area contributed by atoms with Crippen molar-refractivity contribution < 1.29 is 4.79 Å². The number of aromatic nitrogens is 2. The zero-order valence-electron chi connectivity index (χ0n) is 10.5. The number of carbonyl (C=O) groups is 1. The predicted molar refractivity (Wildman–Crippen MR) is 66.7 cm³/mol. The molecular formula is C13H21N3O. The Morgan fingerprint density at radius 3 is 2.94 bits per heavy atom. The van der Waals surface area contributed by atoms with Crippen LogP contribution in [0.15, 0.2) is 12.4 Å². The van der Waals surface area contributed by atoms with Gasteiger partial charge in [-0.2, -0.15) is 0 Å². The van der Waals surface area contributed by atoms with Gasteiger partial charge in [0.1, 0.15) is 11.6 Å². The molecule has 0 aromatic carbocycles. The Hall–Kier alpha value is -1.16. The van der Waals surface area contributed by atoms with Crippen molar-refractivity contribution in [3.05, 3.63) is 18.2 Å². The number of hydrogen-bond donors (Lipinski definition) is 1. The molecule has 1 aromatic rings. The fraction of sp³-hybridized carbons (Fsp3) is 0.692. The summed E-state index contributed by atoms with van der Waals surface area (Å²) in [6, 6.07) is 0. The van der Waals surface area contributed by atoms with E-state index in [2.05, 4.69) is 10.3 Å². The molecule has 4 nitrogen and oxygen atoms in total. The summed E-state index contributed by atoms with van der Waals surface area (Å²) in [4.78, 5) is 16.1. The van der Waals surface area contributed by atoms with E-state index in [1.165, 1.54) is 0 Å². The Kier molecular flexibility index (Phi) is 4.31. The third-order valence-corrected chi connectivity index (χ3v) is 3.52. The monoisotopic (exact) mass is 235 g/mol. The van der Waals surface area contributed by atoms with Crippen molar-refractivity contribution >= 4 is 5.78 Å². The first-order chi connectivity index (χ1) is 8.25. The van der Waals surface area contributed by atoms with Crippen LogP contribution in [0.4, 0.5) is 0 Å². The Balaban J connectivity index is 1.72. The number of imidazole rings is 1. The molecule has 1 aliphatic heterocycles. The minimum absolute atomic E-state index is 0.389. The molecule has 17 heavy (non-hydrogen) atoms. The van der Waals surface area contributed by atoms with E-state index in [1.54, 1.807) is 6.20 Å². The highest BCUT2D eigenvalue weighted by molar-refractivity contribution is 5.78. The normalized spacial score (nSPS) is 17.2. The summed E-state index contributed by atoms with van der Waals surface area (Å²) in [7, 11) is 1.97. The molecule has 0 saturated carbocycles. The van der Waals surface area contributed by atoms with Crippen molar-refractivity contribution in [2.45, 2.75) is 32.1 Å². The van der Waals surface area contributed by atoms with Crippen molar-refractivity contribution in [1.82, 2.24) is 14.9 Å². The predicted octanol–water partition coefficient (Wildman–Crippen LogP) is 1.31. The smallest absolute Gasteiger partial charge is 0.133 e. The van der Waals surface area contributed by atoms with Crippen molar-refractivity contribution in [2.75, 3.05) is 13.1 Å². The fourth-order valence-electron chi connectivity index (χ4n) is 2.40. The van der Waals surface area contributed by atoms with Crippen LogP contribution >= 0.6 is 0 Å². The summed E-state index contributed by atoms with van der Waals surface area (Å²) in [5, 5.41) is 3.33. The van der Waals surface area contributed by atoms with E-state index in [1.807, 2.05) is 17.8 Å². The van der Waals surface area contributed by atoms with E-state index in [0.717, 1.165) is 44.6 Å². The molecule has 0 bridgehead atoms. The molecule has 1 fully saturated rings. The molecule has 0 radical (unpaired) electrons. The van der Waals surface area contributed by atoms with Crippen LogP contribution in [0.1, 0.15) is 31.5 Å². The lowest BCUT2D eigenvalue weighted by atomic mass is 9.91. The number of nitrogens with zero attached hydrogens (tertiary/aromatic N) is 2. The van der Waals surface area contributed by atoms with Crippen LogP contribution in [0.3, 0.4) is 0 Å². The summed E-state index contributed by atoms with van der Waals surface area (Å²) >= 11 is 0. The van der Waals surface area contributed by atoms with Crippen LogP contribution in [0.2, 0.25) is 0 Å². The Morgan fingerprint density at radius 1 is 1.53 bits per heavy atom. The van der Waals surface area contributed by atoms with Crippen LogP contribution in [0, 0.1) is 5.92 Å². The molecule has 1 aromatic heterocycles. The molecule has 1 saturated heterocycles. The number of carbonyl (C=O) groups excluding carboxylic acids is 1. The summed E-state index contributed by atoms with van der Waals surface area (Å²) < 4.78 is 1.98. The van der Waals surface area contributed by atoms with Gasteiger partial charge in [0.2, 0.25) is 0 Å². The molecule has 0 atom stereocenters. The minimum Gasteiger partial charge on any atom is -0.338 e. The highest BCUT2D eigenvalue weighted by Crippen LogP contribution is 2.17. The average Bonchev–Trinajstić information content (AvgIpc) is 2.74. The Bertz CT molecular complexity index is 366. The van der Waals surface area contributed by atoms with Crippen molar-refractivity contribution in [3.63, 3.8) is 0 Å². The fourth-order valence-corrected chi connectivity index (χ4v) is 2.40. The van der Waals surface area contributed by atoms with E-state index in [-0.39, 0.29) is 0 Å². The van der Waals surface area contributed by atoms with E-state index < -0.39 is 0 Å². The largest absolute Gasteiger partial charge is 0.338 e. The van der Waals surface area contributed by atoms with Gasteiger partial charge in [-0.25, -0.2) is 4.98 Å². The molecular weight excluding hydrogens is 214 g/mol.